The molecule has 130 valence electrons. The molecule has 1 N–H and O–H groups in total. The summed E-state index contributed by atoms with van der Waals surface area (Å²) in [5.74, 6) is -0.364. The van der Waals surface area contributed by atoms with Crippen LogP contribution in [0.2, 0.25) is 0 Å². The summed E-state index contributed by atoms with van der Waals surface area (Å²) in [6.45, 7) is 2.09. The van der Waals surface area contributed by atoms with Crippen molar-refractivity contribution in [2.45, 2.75) is 19.0 Å². The van der Waals surface area contributed by atoms with Crippen LogP contribution in [0.25, 0.3) is 0 Å². The Morgan fingerprint density at radius 1 is 0.923 bits per heavy atom. The third kappa shape index (κ3) is 2.84. The largest absolute Gasteiger partial charge is 0.364 e. The lowest BCUT2D eigenvalue weighted by Crippen LogP contribution is -2.51. The Kier molecular flexibility index (Phi) is 4.17. The second-order valence-corrected chi connectivity index (χ2v) is 6.49. The van der Waals surface area contributed by atoms with Gasteiger partial charge in [-0.2, -0.15) is 0 Å². The number of carbonyl (C=O) groups excluding carboxylic acids is 1. The first-order valence-electron chi connectivity index (χ1n) is 8.65. The highest BCUT2D eigenvalue weighted by molar-refractivity contribution is 6.12. The normalized spacial score (nSPS) is 17.4. The molecule has 1 aliphatic heterocycles. The maximum atomic E-state index is 13.4. The summed E-state index contributed by atoms with van der Waals surface area (Å²) in [6.07, 6.45) is -0.273. The number of nitrogens with one attached hydrogen (secondary N) is 1. The summed E-state index contributed by atoms with van der Waals surface area (Å²) in [7, 11) is 0. The number of benzene rings is 3. The molecule has 4 heteroatoms. The first-order chi connectivity index (χ1) is 12.6. The number of halogens is 1. The predicted molar refractivity (Wildman–Crippen MR) is 102 cm³/mol. The Bertz CT molecular complexity index is 924. The summed E-state index contributed by atoms with van der Waals surface area (Å²) in [6, 6.07) is 23.6. The first kappa shape index (κ1) is 16.3. The number of anilines is 2. The smallest absolute Gasteiger partial charge is 0.262 e. The summed E-state index contributed by atoms with van der Waals surface area (Å²) in [5.41, 5.74) is 3.24. The molecule has 0 saturated heterocycles. The number of amides is 1. The molecule has 0 unspecified atom stereocenters. The van der Waals surface area contributed by atoms with E-state index in [-0.39, 0.29) is 23.8 Å². The fourth-order valence-corrected chi connectivity index (χ4v) is 3.44. The van der Waals surface area contributed by atoms with Crippen molar-refractivity contribution in [3.8, 4) is 0 Å². The molecule has 0 saturated carbocycles. The van der Waals surface area contributed by atoms with Crippen LogP contribution in [-0.4, -0.2) is 12.1 Å². The molecular weight excluding hydrogens is 327 g/mol. The van der Waals surface area contributed by atoms with E-state index < -0.39 is 0 Å². The predicted octanol–water partition coefficient (Wildman–Crippen LogP) is 5.03. The van der Waals surface area contributed by atoms with Crippen molar-refractivity contribution in [3.63, 3.8) is 0 Å². The van der Waals surface area contributed by atoms with Crippen LogP contribution < -0.4 is 10.2 Å². The van der Waals surface area contributed by atoms with E-state index in [9.17, 15) is 9.18 Å². The van der Waals surface area contributed by atoms with E-state index in [1.165, 1.54) is 12.1 Å². The van der Waals surface area contributed by atoms with Gasteiger partial charge in [0.15, 0.2) is 0 Å². The molecule has 0 radical (unpaired) electrons. The Morgan fingerprint density at radius 2 is 1.58 bits per heavy atom. The first-order valence-corrected chi connectivity index (χ1v) is 8.65. The van der Waals surface area contributed by atoms with Gasteiger partial charge >= 0.3 is 0 Å². The molecule has 0 spiro atoms. The summed E-state index contributed by atoms with van der Waals surface area (Å²) >= 11 is 0. The van der Waals surface area contributed by atoms with Gasteiger partial charge in [0.25, 0.3) is 5.91 Å². The van der Waals surface area contributed by atoms with Crippen LogP contribution in [0.1, 0.15) is 28.8 Å². The van der Waals surface area contributed by atoms with Crippen molar-refractivity contribution in [2.75, 3.05) is 10.2 Å². The van der Waals surface area contributed by atoms with Gasteiger partial charge in [-0.15, -0.1) is 0 Å². The number of para-hydroxylation sites is 1. The molecule has 0 aliphatic carbocycles. The molecule has 1 aliphatic rings. The highest BCUT2D eigenvalue weighted by Gasteiger charge is 2.36. The summed E-state index contributed by atoms with van der Waals surface area (Å²) in [5, 5.41) is 3.50. The number of fused-ring (bicyclic) bond motifs is 1. The van der Waals surface area contributed by atoms with Gasteiger partial charge < -0.3 is 5.32 Å². The quantitative estimate of drug-likeness (QED) is 0.721. The van der Waals surface area contributed by atoms with E-state index >= 15 is 0 Å². The van der Waals surface area contributed by atoms with Crippen molar-refractivity contribution in [1.82, 2.24) is 0 Å². The topological polar surface area (TPSA) is 32.3 Å². The SMILES string of the molecule is C[C@H](c1ccccc1)[C@@H]1Nc2ccccc2C(=O)N1c1ccc(F)cc1. The number of rotatable bonds is 3. The van der Waals surface area contributed by atoms with Gasteiger partial charge in [0, 0.05) is 17.3 Å². The zero-order valence-corrected chi connectivity index (χ0v) is 14.4. The van der Waals surface area contributed by atoms with E-state index in [2.05, 4.69) is 24.4 Å². The molecule has 0 aromatic heterocycles. The number of hydrogen-bond acceptors (Lipinski definition) is 2. The average molecular weight is 346 g/mol. The van der Waals surface area contributed by atoms with Crippen LogP contribution in [0.15, 0.2) is 78.9 Å². The van der Waals surface area contributed by atoms with E-state index in [0.717, 1.165) is 11.3 Å². The number of hydrogen-bond donors (Lipinski definition) is 1. The van der Waals surface area contributed by atoms with Gasteiger partial charge in [0.05, 0.1) is 5.56 Å². The Morgan fingerprint density at radius 3 is 2.31 bits per heavy atom. The van der Waals surface area contributed by atoms with E-state index in [0.29, 0.717) is 11.3 Å². The van der Waals surface area contributed by atoms with E-state index in [4.69, 9.17) is 0 Å². The van der Waals surface area contributed by atoms with Gasteiger partial charge in [-0.05, 0) is 42.0 Å². The van der Waals surface area contributed by atoms with Crippen molar-refractivity contribution in [3.05, 3.63) is 95.8 Å². The van der Waals surface area contributed by atoms with Gasteiger partial charge in [0.2, 0.25) is 0 Å². The van der Waals surface area contributed by atoms with Gasteiger partial charge in [-0.3, -0.25) is 9.69 Å². The molecule has 1 amide bonds. The molecule has 4 rings (SSSR count). The highest BCUT2D eigenvalue weighted by Crippen LogP contribution is 2.35. The lowest BCUT2D eigenvalue weighted by Gasteiger charge is -2.41. The van der Waals surface area contributed by atoms with Crippen LogP contribution in [0.3, 0.4) is 0 Å². The van der Waals surface area contributed by atoms with Gasteiger partial charge in [-0.25, -0.2) is 4.39 Å². The second-order valence-electron chi connectivity index (χ2n) is 6.49. The van der Waals surface area contributed by atoms with E-state index in [1.54, 1.807) is 17.0 Å². The van der Waals surface area contributed by atoms with Crippen LogP contribution in [0.4, 0.5) is 15.8 Å². The summed E-state index contributed by atoms with van der Waals surface area (Å²) < 4.78 is 13.4. The van der Waals surface area contributed by atoms with E-state index in [1.807, 2.05) is 42.5 Å². The molecular formula is C22H19FN2O. The maximum absolute atomic E-state index is 13.4. The highest BCUT2D eigenvalue weighted by atomic mass is 19.1. The third-order valence-electron chi connectivity index (χ3n) is 4.86. The molecule has 3 nitrogen and oxygen atoms in total. The molecule has 0 bridgehead atoms. The fraction of sp³-hybridized carbons (Fsp3) is 0.136. The van der Waals surface area contributed by atoms with Gasteiger partial charge in [0.1, 0.15) is 12.0 Å². The van der Waals surface area contributed by atoms with Gasteiger partial charge in [-0.1, -0.05) is 49.4 Å². The number of nitrogens with zero attached hydrogens (tertiary/aromatic N) is 1. The average Bonchev–Trinajstić information content (AvgIpc) is 2.69. The van der Waals surface area contributed by atoms with Crippen LogP contribution in [-0.2, 0) is 0 Å². The van der Waals surface area contributed by atoms with Crippen LogP contribution in [0.5, 0.6) is 0 Å². The lowest BCUT2D eigenvalue weighted by atomic mass is 9.93. The van der Waals surface area contributed by atoms with Crippen molar-refractivity contribution in [2.24, 2.45) is 0 Å². The molecule has 3 aromatic rings. The lowest BCUT2D eigenvalue weighted by molar-refractivity contribution is 0.0972. The van der Waals surface area contributed by atoms with Crippen molar-refractivity contribution < 1.29 is 9.18 Å². The minimum Gasteiger partial charge on any atom is -0.364 e. The molecule has 3 aromatic carbocycles. The Labute approximate surface area is 152 Å². The maximum Gasteiger partial charge on any atom is 0.262 e. The Balaban J connectivity index is 1.81. The standard InChI is InChI=1S/C22H19FN2O/c1-15(16-7-3-2-4-8-16)21-24-20-10-6-5-9-19(20)22(26)25(21)18-13-11-17(23)12-14-18/h2-15,21,24H,1H3/t15-,21-/m1/s1. The van der Waals surface area contributed by atoms with Crippen LogP contribution >= 0.6 is 0 Å². The second kappa shape index (κ2) is 6.64. The zero-order valence-electron chi connectivity index (χ0n) is 14.4. The molecule has 26 heavy (non-hydrogen) atoms. The summed E-state index contributed by atoms with van der Waals surface area (Å²) in [4.78, 5) is 15.0. The zero-order chi connectivity index (χ0) is 18.1. The molecule has 0 fully saturated rings. The minimum absolute atomic E-state index is 0.0403. The monoisotopic (exact) mass is 346 g/mol. The fourth-order valence-electron chi connectivity index (χ4n) is 3.44. The number of carbonyl (C=O) groups is 1. The Hall–Kier alpha value is -3.14. The minimum atomic E-state index is -0.320. The van der Waals surface area contributed by atoms with Crippen LogP contribution in [0, 0.1) is 5.82 Å². The third-order valence-corrected chi connectivity index (χ3v) is 4.86. The molecule has 2 atom stereocenters. The van der Waals surface area contributed by atoms with Crippen molar-refractivity contribution in [1.29, 1.82) is 0 Å². The molecule has 1 heterocycles. The van der Waals surface area contributed by atoms with Crippen molar-refractivity contribution >= 4 is 17.3 Å².